The normalized spacial score (nSPS) is 29.5. The van der Waals surface area contributed by atoms with Gasteiger partial charge in [-0.1, -0.05) is 6.30 Å². The van der Waals surface area contributed by atoms with Crippen LogP contribution in [0.3, 0.4) is 0 Å². The quantitative estimate of drug-likeness (QED) is 0.489. The van der Waals surface area contributed by atoms with Crippen molar-refractivity contribution in [2.75, 3.05) is 0 Å². The van der Waals surface area contributed by atoms with E-state index in [1.807, 2.05) is 0 Å². The Labute approximate surface area is 50.9 Å². The Bertz CT molecular complexity index is 120. The van der Waals surface area contributed by atoms with Gasteiger partial charge < -0.3 is 0 Å². The van der Waals surface area contributed by atoms with Gasteiger partial charge >= 0.3 is 0 Å². The molecule has 0 aromatic carbocycles. The van der Waals surface area contributed by atoms with E-state index in [0.29, 0.717) is 11.4 Å². The van der Waals surface area contributed by atoms with Crippen LogP contribution in [0.4, 0.5) is 0 Å². The number of carbonyl (C=O) groups is 1. The molecule has 0 bridgehead atoms. The highest BCUT2D eigenvalue weighted by Gasteiger charge is 2.18. The Balaban J connectivity index is 2.43. The lowest BCUT2D eigenvalue weighted by molar-refractivity contribution is -0.117. The van der Waals surface area contributed by atoms with Crippen LogP contribution < -0.4 is 0 Å². The monoisotopic (exact) mass is 128 g/mol. The smallest absolute Gasteiger partial charge is 0.133 e. The molecule has 2 heteroatoms. The van der Waals surface area contributed by atoms with Crippen molar-refractivity contribution in [2.24, 2.45) is 0 Å². The lowest BCUT2D eigenvalue weighted by Crippen LogP contribution is -1.90. The molecule has 0 aromatic rings. The standard InChI is InChI=1S/C6H9OP/c1-8-6-3-2-5(7)4-6/h6H,1-4H2. The second kappa shape index (κ2) is 2.41. The van der Waals surface area contributed by atoms with E-state index in [1.165, 1.54) is 0 Å². The average molecular weight is 128 g/mol. The fourth-order valence-electron chi connectivity index (χ4n) is 0.950. The zero-order valence-corrected chi connectivity index (χ0v) is 5.66. The van der Waals surface area contributed by atoms with Gasteiger partial charge in [0.05, 0.1) is 0 Å². The summed E-state index contributed by atoms with van der Waals surface area (Å²) in [5, 5.41) is 0. The van der Waals surface area contributed by atoms with Gasteiger partial charge in [-0.05, 0) is 6.42 Å². The van der Waals surface area contributed by atoms with Gasteiger partial charge in [0.25, 0.3) is 0 Å². The Hall–Kier alpha value is -0.160. The van der Waals surface area contributed by atoms with E-state index in [4.69, 9.17) is 0 Å². The first-order valence-electron chi connectivity index (χ1n) is 2.80. The van der Waals surface area contributed by atoms with Crippen molar-refractivity contribution in [3.05, 3.63) is 0 Å². The topological polar surface area (TPSA) is 17.1 Å². The number of hydrogen-bond donors (Lipinski definition) is 0. The molecule has 0 aromatic heterocycles. The van der Waals surface area contributed by atoms with Crippen LogP contribution in [-0.2, 0) is 4.79 Å². The fourth-order valence-corrected chi connectivity index (χ4v) is 1.59. The van der Waals surface area contributed by atoms with E-state index in [9.17, 15) is 4.79 Å². The van der Waals surface area contributed by atoms with Crippen molar-refractivity contribution in [2.45, 2.75) is 24.9 Å². The fraction of sp³-hybridized carbons (Fsp3) is 0.667. The molecule has 1 fully saturated rings. The Morgan fingerprint density at radius 2 is 2.50 bits per heavy atom. The molecule has 1 unspecified atom stereocenters. The van der Waals surface area contributed by atoms with E-state index < -0.39 is 0 Å². The first-order valence-corrected chi connectivity index (χ1v) is 3.95. The molecule has 1 nitrogen and oxygen atoms in total. The summed E-state index contributed by atoms with van der Waals surface area (Å²) >= 11 is 0. The van der Waals surface area contributed by atoms with Gasteiger partial charge in [-0.25, -0.2) is 0 Å². The molecular weight excluding hydrogens is 119 g/mol. The number of hydrogen-bond acceptors (Lipinski definition) is 1. The van der Waals surface area contributed by atoms with Crippen LogP contribution in [0.5, 0.6) is 0 Å². The van der Waals surface area contributed by atoms with Crippen LogP contribution in [0.2, 0.25) is 0 Å². The summed E-state index contributed by atoms with van der Waals surface area (Å²) in [6.07, 6.45) is 6.38. The van der Waals surface area contributed by atoms with E-state index in [-0.39, 0.29) is 0 Å². The van der Waals surface area contributed by atoms with Crippen molar-refractivity contribution in [3.8, 4) is 0 Å². The zero-order chi connectivity index (χ0) is 5.98. The molecule has 0 heterocycles. The average Bonchev–Trinajstić information content (AvgIpc) is 2.14. The van der Waals surface area contributed by atoms with E-state index >= 15 is 0 Å². The van der Waals surface area contributed by atoms with Crippen LogP contribution in [0.1, 0.15) is 19.3 Å². The third-order valence-electron chi connectivity index (χ3n) is 1.48. The van der Waals surface area contributed by atoms with Crippen LogP contribution in [0.25, 0.3) is 0 Å². The minimum absolute atomic E-state index is 0.422. The molecule has 1 rings (SSSR count). The van der Waals surface area contributed by atoms with Crippen molar-refractivity contribution >= 4 is 20.3 Å². The van der Waals surface area contributed by atoms with E-state index in [2.05, 4.69) is 6.30 Å². The van der Waals surface area contributed by atoms with Crippen LogP contribution >= 0.6 is 8.20 Å². The molecule has 8 heavy (non-hydrogen) atoms. The van der Waals surface area contributed by atoms with E-state index in [0.717, 1.165) is 27.5 Å². The lowest BCUT2D eigenvalue weighted by Gasteiger charge is -1.92. The summed E-state index contributed by atoms with van der Waals surface area (Å²) in [7, 11) is 1.15. The van der Waals surface area contributed by atoms with Gasteiger partial charge in [-0.15, -0.1) is 8.20 Å². The second-order valence-corrected chi connectivity index (χ2v) is 3.21. The summed E-state index contributed by atoms with van der Waals surface area (Å²) in [4.78, 5) is 10.6. The van der Waals surface area contributed by atoms with Crippen molar-refractivity contribution in [3.63, 3.8) is 0 Å². The van der Waals surface area contributed by atoms with Gasteiger partial charge in [0.15, 0.2) is 0 Å². The maximum atomic E-state index is 10.6. The first-order chi connectivity index (χ1) is 3.83. The van der Waals surface area contributed by atoms with E-state index in [1.54, 1.807) is 0 Å². The van der Waals surface area contributed by atoms with Crippen molar-refractivity contribution in [1.29, 1.82) is 0 Å². The summed E-state index contributed by atoms with van der Waals surface area (Å²) in [5.74, 6) is 0.422. The van der Waals surface area contributed by atoms with Gasteiger partial charge in [-0.2, -0.15) is 0 Å². The maximum Gasteiger partial charge on any atom is 0.133 e. The molecule has 0 spiro atoms. The summed E-state index contributed by atoms with van der Waals surface area (Å²) in [5.41, 5.74) is 0.586. The summed E-state index contributed by atoms with van der Waals surface area (Å²) in [6.45, 7) is 0. The molecular formula is C6H9OP. The zero-order valence-electron chi connectivity index (χ0n) is 4.76. The van der Waals surface area contributed by atoms with Gasteiger partial charge in [0.1, 0.15) is 5.78 Å². The van der Waals surface area contributed by atoms with Gasteiger partial charge in [0.2, 0.25) is 0 Å². The molecule has 0 saturated heterocycles. The summed E-state index contributed by atoms with van der Waals surface area (Å²) in [6, 6.07) is 0. The number of Topliss-reactive ketones (excluding diaryl/α,β-unsaturated/α-hetero) is 1. The number of rotatable bonds is 1. The largest absolute Gasteiger partial charge is 0.300 e. The minimum atomic E-state index is 0.422. The molecule has 1 aliphatic carbocycles. The molecule has 0 N–H and O–H groups in total. The summed E-state index contributed by atoms with van der Waals surface area (Å²) < 4.78 is 0. The molecule has 1 aliphatic rings. The predicted octanol–water partition coefficient (Wildman–Crippen LogP) is 1.49. The number of ketones is 1. The molecule has 44 valence electrons. The lowest BCUT2D eigenvalue weighted by atomic mass is 10.4. The maximum absolute atomic E-state index is 10.6. The second-order valence-electron chi connectivity index (χ2n) is 2.12. The van der Waals surface area contributed by atoms with Crippen LogP contribution in [-0.4, -0.2) is 17.7 Å². The SMILES string of the molecule is C=PC1CCC(=O)C1. The third-order valence-corrected chi connectivity index (χ3v) is 2.44. The Morgan fingerprint density at radius 3 is 2.75 bits per heavy atom. The minimum Gasteiger partial charge on any atom is -0.300 e. The highest BCUT2D eigenvalue weighted by atomic mass is 31.1. The van der Waals surface area contributed by atoms with Gasteiger partial charge in [-0.3, -0.25) is 4.79 Å². The number of carbonyl (C=O) groups excluding carboxylic acids is 1. The van der Waals surface area contributed by atoms with Crippen molar-refractivity contribution in [1.82, 2.24) is 0 Å². The van der Waals surface area contributed by atoms with Gasteiger partial charge in [0, 0.05) is 18.5 Å². The van der Waals surface area contributed by atoms with Crippen molar-refractivity contribution < 1.29 is 4.79 Å². The molecule has 0 radical (unpaired) electrons. The molecule has 0 amide bonds. The first kappa shape index (κ1) is 5.97. The predicted molar refractivity (Wildman–Crippen MR) is 36.7 cm³/mol. The molecule has 1 atom stereocenters. The molecule has 1 saturated carbocycles. The third kappa shape index (κ3) is 1.16. The highest BCUT2D eigenvalue weighted by molar-refractivity contribution is 7.37. The Kier molecular flexibility index (Phi) is 1.80. The van der Waals surface area contributed by atoms with Crippen LogP contribution in [0, 0.1) is 0 Å². The van der Waals surface area contributed by atoms with Crippen LogP contribution in [0.15, 0.2) is 0 Å². The Morgan fingerprint density at radius 1 is 1.75 bits per heavy atom. The molecule has 0 aliphatic heterocycles. The highest BCUT2D eigenvalue weighted by Crippen LogP contribution is 2.24.